The topological polar surface area (TPSA) is 84.1 Å². The highest BCUT2D eigenvalue weighted by Crippen LogP contribution is 2.15. The Kier molecular flexibility index (Phi) is 3.24. The van der Waals surface area contributed by atoms with E-state index in [0.29, 0.717) is 11.6 Å². The molecule has 4 N–H and O–H groups in total. The van der Waals surface area contributed by atoms with Crippen LogP contribution in [0.3, 0.4) is 0 Å². The Labute approximate surface area is 83.3 Å². The summed E-state index contributed by atoms with van der Waals surface area (Å²) in [4.78, 5) is 0. The Morgan fingerprint density at radius 3 is 2.64 bits per heavy atom. The highest BCUT2D eigenvalue weighted by Gasteiger charge is 2.20. The van der Waals surface area contributed by atoms with Crippen LogP contribution in [0.25, 0.3) is 0 Å². The van der Waals surface area contributed by atoms with Crippen molar-refractivity contribution in [3.63, 3.8) is 0 Å². The summed E-state index contributed by atoms with van der Waals surface area (Å²) in [7, 11) is 0. The molecule has 78 valence electrons. The number of anilines is 2. The van der Waals surface area contributed by atoms with Crippen LogP contribution in [0, 0.1) is 0 Å². The van der Waals surface area contributed by atoms with E-state index in [9.17, 15) is 0 Å². The number of nitrogens with one attached hydrogen (secondary N) is 1. The second-order valence-corrected chi connectivity index (χ2v) is 3.54. The highest BCUT2D eigenvalue weighted by atomic mass is 16.3. The summed E-state index contributed by atoms with van der Waals surface area (Å²) < 4.78 is 0. The van der Waals surface area contributed by atoms with E-state index in [-0.39, 0.29) is 12.1 Å². The van der Waals surface area contributed by atoms with Crippen LogP contribution in [-0.2, 0) is 0 Å². The number of rotatable bonds is 4. The summed E-state index contributed by atoms with van der Waals surface area (Å²) in [6.07, 6.45) is 0.801. The van der Waals surface area contributed by atoms with Gasteiger partial charge in [0.1, 0.15) is 11.6 Å². The third-order valence-corrected chi connectivity index (χ3v) is 2.24. The molecule has 0 spiro atoms. The molecule has 0 saturated heterocycles. The molecule has 1 atom stereocenters. The summed E-state index contributed by atoms with van der Waals surface area (Å²) in [5.74, 6) is 1.01. The maximum atomic E-state index is 9.17. The molecule has 0 aliphatic heterocycles. The SMILES string of the molecule is CCC(C)(CO)Nc1ccc(N)nn1. The van der Waals surface area contributed by atoms with Crippen molar-refractivity contribution in [3.8, 4) is 0 Å². The fourth-order valence-electron chi connectivity index (χ4n) is 0.958. The van der Waals surface area contributed by atoms with Crippen LogP contribution >= 0.6 is 0 Å². The minimum Gasteiger partial charge on any atom is -0.394 e. The molecule has 0 aliphatic rings. The Morgan fingerprint density at radius 2 is 2.21 bits per heavy atom. The van der Waals surface area contributed by atoms with Crippen molar-refractivity contribution < 1.29 is 5.11 Å². The van der Waals surface area contributed by atoms with E-state index >= 15 is 0 Å². The third-order valence-electron chi connectivity index (χ3n) is 2.24. The molecule has 0 radical (unpaired) electrons. The number of aliphatic hydroxyl groups excluding tert-OH is 1. The fourth-order valence-corrected chi connectivity index (χ4v) is 0.958. The van der Waals surface area contributed by atoms with Crippen molar-refractivity contribution in [3.05, 3.63) is 12.1 Å². The predicted octanol–water partition coefficient (Wildman–Crippen LogP) is 0.632. The largest absolute Gasteiger partial charge is 0.394 e. The number of nitrogens with zero attached hydrogens (tertiary/aromatic N) is 2. The van der Waals surface area contributed by atoms with Gasteiger partial charge in [-0.15, -0.1) is 10.2 Å². The van der Waals surface area contributed by atoms with Crippen LogP contribution in [0.1, 0.15) is 20.3 Å². The first-order chi connectivity index (χ1) is 6.59. The lowest BCUT2D eigenvalue weighted by Crippen LogP contribution is -2.38. The van der Waals surface area contributed by atoms with E-state index in [1.165, 1.54) is 0 Å². The normalized spacial score (nSPS) is 14.8. The van der Waals surface area contributed by atoms with Crippen molar-refractivity contribution in [2.45, 2.75) is 25.8 Å². The van der Waals surface area contributed by atoms with Crippen molar-refractivity contribution in [2.24, 2.45) is 0 Å². The number of nitrogen functional groups attached to an aromatic ring is 1. The standard InChI is InChI=1S/C9H16N4O/c1-3-9(2,6-14)11-8-5-4-7(10)12-13-8/h4-5,14H,3,6H2,1-2H3,(H2,10,12)(H,11,13). The van der Waals surface area contributed by atoms with Crippen molar-refractivity contribution in [1.82, 2.24) is 10.2 Å². The van der Waals surface area contributed by atoms with Gasteiger partial charge in [0.2, 0.25) is 0 Å². The van der Waals surface area contributed by atoms with Crippen molar-refractivity contribution in [1.29, 1.82) is 0 Å². The zero-order chi connectivity index (χ0) is 10.6. The first-order valence-electron chi connectivity index (χ1n) is 4.58. The molecule has 0 fully saturated rings. The van der Waals surface area contributed by atoms with Crippen LogP contribution in [0.5, 0.6) is 0 Å². The molecule has 5 nitrogen and oxygen atoms in total. The zero-order valence-electron chi connectivity index (χ0n) is 8.49. The maximum Gasteiger partial charge on any atom is 0.149 e. The van der Waals surface area contributed by atoms with Gasteiger partial charge in [0.05, 0.1) is 12.1 Å². The monoisotopic (exact) mass is 196 g/mol. The molecule has 0 aliphatic carbocycles. The van der Waals surface area contributed by atoms with Crippen LogP contribution in [-0.4, -0.2) is 27.4 Å². The average Bonchev–Trinajstić information content (AvgIpc) is 2.21. The maximum absolute atomic E-state index is 9.17. The Morgan fingerprint density at radius 1 is 1.50 bits per heavy atom. The van der Waals surface area contributed by atoms with Gasteiger partial charge in [0.25, 0.3) is 0 Å². The quantitative estimate of drug-likeness (QED) is 0.657. The van der Waals surface area contributed by atoms with Gasteiger partial charge in [-0.1, -0.05) is 6.92 Å². The predicted molar refractivity (Wildman–Crippen MR) is 55.8 cm³/mol. The van der Waals surface area contributed by atoms with Crippen LogP contribution in [0.2, 0.25) is 0 Å². The van der Waals surface area contributed by atoms with Gasteiger partial charge in [0.15, 0.2) is 0 Å². The van der Waals surface area contributed by atoms with E-state index in [4.69, 9.17) is 10.8 Å². The van der Waals surface area contributed by atoms with E-state index in [1.54, 1.807) is 12.1 Å². The van der Waals surface area contributed by atoms with E-state index < -0.39 is 0 Å². The summed E-state index contributed by atoms with van der Waals surface area (Å²) >= 11 is 0. The zero-order valence-corrected chi connectivity index (χ0v) is 8.49. The third kappa shape index (κ3) is 2.56. The van der Waals surface area contributed by atoms with Gasteiger partial charge >= 0.3 is 0 Å². The first-order valence-corrected chi connectivity index (χ1v) is 4.58. The van der Waals surface area contributed by atoms with Gasteiger partial charge in [-0.25, -0.2) is 0 Å². The van der Waals surface area contributed by atoms with Crippen molar-refractivity contribution in [2.75, 3.05) is 17.7 Å². The van der Waals surface area contributed by atoms with Crippen LogP contribution in [0.15, 0.2) is 12.1 Å². The van der Waals surface area contributed by atoms with E-state index in [1.807, 2.05) is 13.8 Å². The van der Waals surface area contributed by atoms with Crippen LogP contribution < -0.4 is 11.1 Å². The lowest BCUT2D eigenvalue weighted by atomic mass is 10.0. The molecule has 0 amide bonds. The van der Waals surface area contributed by atoms with Gasteiger partial charge in [-0.2, -0.15) is 0 Å². The smallest absolute Gasteiger partial charge is 0.149 e. The number of nitrogens with two attached hydrogens (primary N) is 1. The molecular formula is C9H16N4O. The lowest BCUT2D eigenvalue weighted by Gasteiger charge is -2.27. The molecule has 1 rings (SSSR count). The Bertz CT molecular complexity index is 281. The number of hydrogen-bond donors (Lipinski definition) is 3. The molecule has 0 saturated carbocycles. The summed E-state index contributed by atoms with van der Waals surface area (Å²) in [6.45, 7) is 3.97. The Hall–Kier alpha value is -1.36. The molecule has 0 aromatic carbocycles. The van der Waals surface area contributed by atoms with Gasteiger partial charge < -0.3 is 16.2 Å². The molecule has 14 heavy (non-hydrogen) atoms. The lowest BCUT2D eigenvalue weighted by molar-refractivity contribution is 0.218. The molecule has 1 aromatic rings. The summed E-state index contributed by atoms with van der Waals surface area (Å²) in [5.41, 5.74) is 5.05. The van der Waals surface area contributed by atoms with E-state index in [2.05, 4.69) is 15.5 Å². The first kappa shape index (κ1) is 10.7. The van der Waals surface area contributed by atoms with E-state index in [0.717, 1.165) is 6.42 Å². The molecule has 1 heterocycles. The summed E-state index contributed by atoms with van der Waals surface area (Å²) in [6, 6.07) is 3.41. The molecule has 5 heteroatoms. The van der Waals surface area contributed by atoms with Crippen molar-refractivity contribution >= 4 is 11.6 Å². The second kappa shape index (κ2) is 4.23. The molecule has 0 bridgehead atoms. The number of aliphatic hydroxyl groups is 1. The van der Waals surface area contributed by atoms with Crippen LogP contribution in [0.4, 0.5) is 11.6 Å². The van der Waals surface area contributed by atoms with Gasteiger partial charge in [-0.3, -0.25) is 0 Å². The van der Waals surface area contributed by atoms with Gasteiger partial charge in [-0.05, 0) is 25.5 Å². The molecule has 1 aromatic heterocycles. The minimum atomic E-state index is -0.356. The number of hydrogen-bond acceptors (Lipinski definition) is 5. The second-order valence-electron chi connectivity index (χ2n) is 3.54. The number of aromatic nitrogens is 2. The molecule has 1 unspecified atom stereocenters. The molecular weight excluding hydrogens is 180 g/mol. The fraction of sp³-hybridized carbons (Fsp3) is 0.556. The summed E-state index contributed by atoms with van der Waals surface area (Å²) in [5, 5.41) is 19.8. The highest BCUT2D eigenvalue weighted by molar-refractivity contribution is 5.40. The minimum absolute atomic E-state index is 0.0511. The van der Waals surface area contributed by atoms with Gasteiger partial charge in [0, 0.05) is 0 Å². The Balaban J connectivity index is 2.72. The average molecular weight is 196 g/mol.